The summed E-state index contributed by atoms with van der Waals surface area (Å²) in [5.41, 5.74) is 5.06. The number of hydrogen-bond acceptors (Lipinski definition) is 4. The summed E-state index contributed by atoms with van der Waals surface area (Å²) >= 11 is 7.50. The number of hydrazine groups is 1. The highest BCUT2D eigenvalue weighted by Crippen LogP contribution is 2.32. The SMILES string of the molecule is CC(=O)N1N/C(=N/c2nc3ccccc3s2)CC1c1ccc(Cl)cc1. The van der Waals surface area contributed by atoms with Crippen molar-refractivity contribution in [3.63, 3.8) is 0 Å². The second kappa shape index (κ2) is 6.46. The molecule has 0 bridgehead atoms. The van der Waals surface area contributed by atoms with Gasteiger partial charge in [0.15, 0.2) is 0 Å². The van der Waals surface area contributed by atoms with Gasteiger partial charge in [-0.05, 0) is 29.8 Å². The van der Waals surface area contributed by atoms with Crippen molar-refractivity contribution >= 4 is 50.0 Å². The Hall–Kier alpha value is -2.44. The summed E-state index contributed by atoms with van der Waals surface area (Å²) in [7, 11) is 0. The van der Waals surface area contributed by atoms with E-state index in [2.05, 4.69) is 15.4 Å². The van der Waals surface area contributed by atoms with E-state index in [4.69, 9.17) is 11.6 Å². The molecule has 0 aliphatic carbocycles. The van der Waals surface area contributed by atoms with E-state index in [0.29, 0.717) is 16.6 Å². The lowest BCUT2D eigenvalue weighted by atomic mass is 10.0. The summed E-state index contributed by atoms with van der Waals surface area (Å²) in [6.45, 7) is 1.54. The van der Waals surface area contributed by atoms with Crippen molar-refractivity contribution in [1.82, 2.24) is 15.4 Å². The highest BCUT2D eigenvalue weighted by Gasteiger charge is 2.32. The molecule has 4 rings (SSSR count). The van der Waals surface area contributed by atoms with E-state index in [1.165, 1.54) is 18.3 Å². The topological polar surface area (TPSA) is 57.6 Å². The number of fused-ring (bicyclic) bond motifs is 1. The van der Waals surface area contributed by atoms with Crippen molar-refractivity contribution in [2.45, 2.75) is 19.4 Å². The molecule has 1 atom stereocenters. The fraction of sp³-hybridized carbons (Fsp3) is 0.167. The molecule has 3 aromatic rings. The van der Waals surface area contributed by atoms with Crippen LogP contribution in [0.3, 0.4) is 0 Å². The number of aromatic nitrogens is 1. The lowest BCUT2D eigenvalue weighted by molar-refractivity contribution is -0.132. The van der Waals surface area contributed by atoms with Crippen LogP contribution in [0, 0.1) is 0 Å². The Morgan fingerprint density at radius 1 is 1.28 bits per heavy atom. The first kappa shape index (κ1) is 16.1. The number of amides is 1. The molecule has 0 radical (unpaired) electrons. The van der Waals surface area contributed by atoms with Gasteiger partial charge in [-0.1, -0.05) is 47.2 Å². The van der Waals surface area contributed by atoms with Gasteiger partial charge in [0.2, 0.25) is 11.0 Å². The van der Waals surface area contributed by atoms with Gasteiger partial charge in [-0.25, -0.2) is 15.0 Å². The molecule has 2 aromatic carbocycles. The predicted octanol–water partition coefficient (Wildman–Crippen LogP) is 4.48. The molecule has 2 heterocycles. The molecule has 25 heavy (non-hydrogen) atoms. The third-order valence-electron chi connectivity index (χ3n) is 4.06. The molecule has 1 saturated heterocycles. The van der Waals surface area contributed by atoms with Crippen LogP contribution in [0.15, 0.2) is 53.5 Å². The summed E-state index contributed by atoms with van der Waals surface area (Å²) in [4.78, 5) is 21.1. The van der Waals surface area contributed by atoms with Crippen LogP contribution in [0.25, 0.3) is 10.2 Å². The number of nitrogens with zero attached hydrogens (tertiary/aromatic N) is 3. The summed E-state index contributed by atoms with van der Waals surface area (Å²) in [5.74, 6) is 0.670. The number of thiazole rings is 1. The van der Waals surface area contributed by atoms with Crippen LogP contribution < -0.4 is 5.43 Å². The first-order valence-corrected chi connectivity index (χ1v) is 9.04. The van der Waals surface area contributed by atoms with Crippen molar-refractivity contribution in [2.75, 3.05) is 0 Å². The van der Waals surface area contributed by atoms with E-state index in [0.717, 1.165) is 21.6 Å². The minimum atomic E-state index is -0.108. The van der Waals surface area contributed by atoms with Crippen molar-refractivity contribution in [1.29, 1.82) is 0 Å². The zero-order valence-corrected chi connectivity index (χ0v) is 15.0. The van der Waals surface area contributed by atoms with E-state index < -0.39 is 0 Å². The number of aliphatic imine (C=N–C) groups is 1. The standard InChI is InChI=1S/C18H15ClN4OS/c1-11(24)23-15(12-6-8-13(19)9-7-12)10-17(22-23)21-18-20-14-4-2-3-5-16(14)25-18/h2-9,15H,10H2,1H3,(H,20,21,22). The first-order chi connectivity index (χ1) is 12.1. The average Bonchev–Trinajstić information content (AvgIpc) is 3.19. The Labute approximate surface area is 153 Å². The van der Waals surface area contributed by atoms with Gasteiger partial charge >= 0.3 is 0 Å². The minimum Gasteiger partial charge on any atom is -0.282 e. The second-order valence-electron chi connectivity index (χ2n) is 5.79. The zero-order chi connectivity index (χ0) is 17.4. The van der Waals surface area contributed by atoms with E-state index >= 15 is 0 Å². The zero-order valence-electron chi connectivity index (χ0n) is 13.4. The van der Waals surface area contributed by atoms with Crippen LogP contribution in [0.5, 0.6) is 0 Å². The maximum absolute atomic E-state index is 12.0. The molecule has 1 aliphatic heterocycles. The fourth-order valence-corrected chi connectivity index (χ4v) is 3.87. The van der Waals surface area contributed by atoms with Crippen LogP contribution in [0.4, 0.5) is 5.13 Å². The molecule has 1 aromatic heterocycles. The number of carbonyl (C=O) groups excluding carboxylic acids is 1. The third-order valence-corrected chi connectivity index (χ3v) is 5.24. The number of carbonyl (C=O) groups is 1. The molecule has 0 saturated carbocycles. The fourth-order valence-electron chi connectivity index (χ4n) is 2.88. The molecule has 1 aliphatic rings. The molecule has 5 nitrogen and oxygen atoms in total. The normalized spacial score (nSPS) is 18.7. The Morgan fingerprint density at radius 2 is 2.04 bits per heavy atom. The number of benzene rings is 2. The molecular formula is C18H15ClN4OS. The van der Waals surface area contributed by atoms with Crippen molar-refractivity contribution in [3.05, 3.63) is 59.1 Å². The van der Waals surface area contributed by atoms with Gasteiger partial charge in [0.1, 0.15) is 5.84 Å². The monoisotopic (exact) mass is 370 g/mol. The second-order valence-corrected chi connectivity index (χ2v) is 7.24. The van der Waals surface area contributed by atoms with E-state index in [-0.39, 0.29) is 11.9 Å². The van der Waals surface area contributed by atoms with Crippen LogP contribution >= 0.6 is 22.9 Å². The molecule has 7 heteroatoms. The van der Waals surface area contributed by atoms with Crippen LogP contribution in [-0.2, 0) is 4.79 Å². The maximum atomic E-state index is 12.0. The van der Waals surface area contributed by atoms with Gasteiger partial charge in [0.25, 0.3) is 0 Å². The summed E-state index contributed by atoms with van der Waals surface area (Å²) in [6, 6.07) is 15.4. The van der Waals surface area contributed by atoms with E-state index in [1.54, 1.807) is 5.01 Å². The lowest BCUT2D eigenvalue weighted by Gasteiger charge is -2.22. The molecule has 1 unspecified atom stereocenters. The van der Waals surface area contributed by atoms with Gasteiger partial charge in [0, 0.05) is 18.4 Å². The molecule has 126 valence electrons. The third kappa shape index (κ3) is 3.23. The van der Waals surface area contributed by atoms with Crippen molar-refractivity contribution in [2.24, 2.45) is 4.99 Å². The van der Waals surface area contributed by atoms with Gasteiger partial charge in [-0.2, -0.15) is 0 Å². The number of rotatable bonds is 2. The molecular weight excluding hydrogens is 356 g/mol. The Morgan fingerprint density at radius 3 is 2.76 bits per heavy atom. The summed E-state index contributed by atoms with van der Waals surface area (Å²) < 4.78 is 1.09. The van der Waals surface area contributed by atoms with Gasteiger partial charge in [0.05, 0.1) is 16.3 Å². The highest BCUT2D eigenvalue weighted by molar-refractivity contribution is 7.22. The van der Waals surface area contributed by atoms with Gasteiger partial charge < -0.3 is 0 Å². The number of hydrogen-bond donors (Lipinski definition) is 1. The van der Waals surface area contributed by atoms with Gasteiger partial charge in [-0.15, -0.1) is 0 Å². The molecule has 1 fully saturated rings. The first-order valence-electron chi connectivity index (χ1n) is 7.85. The highest BCUT2D eigenvalue weighted by atomic mass is 35.5. The van der Waals surface area contributed by atoms with Gasteiger partial charge in [-0.3, -0.25) is 10.2 Å². The number of nitrogens with one attached hydrogen (secondary N) is 1. The number of amidine groups is 1. The van der Waals surface area contributed by atoms with E-state index in [9.17, 15) is 4.79 Å². The lowest BCUT2D eigenvalue weighted by Crippen LogP contribution is -2.38. The van der Waals surface area contributed by atoms with E-state index in [1.807, 2.05) is 48.5 Å². The van der Waals surface area contributed by atoms with Crippen LogP contribution in [0.1, 0.15) is 24.9 Å². The summed E-state index contributed by atoms with van der Waals surface area (Å²) in [5, 5.41) is 2.96. The number of halogens is 1. The minimum absolute atomic E-state index is 0.0607. The Balaban J connectivity index is 1.65. The Kier molecular flexibility index (Phi) is 4.15. The maximum Gasteiger partial charge on any atom is 0.238 e. The predicted molar refractivity (Wildman–Crippen MR) is 101 cm³/mol. The molecule has 1 amide bonds. The molecule has 0 spiro atoms. The largest absolute Gasteiger partial charge is 0.282 e. The summed E-state index contributed by atoms with van der Waals surface area (Å²) in [6.07, 6.45) is 0.608. The van der Waals surface area contributed by atoms with Crippen LogP contribution in [-0.4, -0.2) is 21.7 Å². The smallest absolute Gasteiger partial charge is 0.238 e. The van der Waals surface area contributed by atoms with Crippen molar-refractivity contribution in [3.8, 4) is 0 Å². The molecule has 1 N–H and O–H groups in total. The Bertz CT molecular complexity index is 934. The average molecular weight is 371 g/mol. The number of para-hydroxylation sites is 1. The van der Waals surface area contributed by atoms with Crippen LogP contribution in [0.2, 0.25) is 5.02 Å². The quantitative estimate of drug-likeness (QED) is 0.723. The van der Waals surface area contributed by atoms with Crippen molar-refractivity contribution < 1.29 is 4.79 Å².